The molecule has 0 radical (unpaired) electrons. The number of nitrogens with one attached hydrogen (secondary N) is 1. The van der Waals surface area contributed by atoms with Crippen LogP contribution >= 0.6 is 11.8 Å². The van der Waals surface area contributed by atoms with Gasteiger partial charge in [0.25, 0.3) is 5.91 Å². The van der Waals surface area contributed by atoms with Crippen molar-refractivity contribution in [2.24, 2.45) is 0 Å². The van der Waals surface area contributed by atoms with Gasteiger partial charge in [-0.05, 0) is 60.9 Å². The zero-order valence-electron chi connectivity index (χ0n) is 18.7. The molecular weight excluding hydrogens is 422 g/mol. The van der Waals surface area contributed by atoms with Gasteiger partial charge in [0, 0.05) is 22.8 Å². The SMILES string of the molecule is COC(=O)c1cc(CNC(=O)c2cccc(CSc3ccc(C)cc3C)c2)ccc1OC. The van der Waals surface area contributed by atoms with Crippen molar-refractivity contribution in [2.75, 3.05) is 14.2 Å². The number of aryl methyl sites for hydroxylation is 2. The Morgan fingerprint density at radius 1 is 0.938 bits per heavy atom. The lowest BCUT2D eigenvalue weighted by Gasteiger charge is -2.11. The van der Waals surface area contributed by atoms with Crippen molar-refractivity contribution in [2.45, 2.75) is 31.0 Å². The first-order chi connectivity index (χ1) is 15.4. The van der Waals surface area contributed by atoms with Gasteiger partial charge in [-0.15, -0.1) is 11.8 Å². The van der Waals surface area contributed by atoms with Gasteiger partial charge < -0.3 is 14.8 Å². The molecule has 0 aliphatic heterocycles. The fourth-order valence-corrected chi connectivity index (χ4v) is 4.30. The largest absolute Gasteiger partial charge is 0.496 e. The maximum Gasteiger partial charge on any atom is 0.341 e. The Kier molecular flexibility index (Phi) is 7.95. The number of hydrogen-bond donors (Lipinski definition) is 1. The molecule has 6 heteroatoms. The molecule has 0 atom stereocenters. The van der Waals surface area contributed by atoms with Crippen LogP contribution in [0.1, 0.15) is 43.0 Å². The van der Waals surface area contributed by atoms with E-state index >= 15 is 0 Å². The average Bonchev–Trinajstić information content (AvgIpc) is 2.81. The fraction of sp³-hybridized carbons (Fsp3) is 0.231. The van der Waals surface area contributed by atoms with Crippen LogP contribution in [-0.4, -0.2) is 26.1 Å². The number of benzene rings is 3. The third-order valence-corrected chi connectivity index (χ3v) is 6.28. The highest BCUT2D eigenvalue weighted by atomic mass is 32.2. The molecule has 0 saturated heterocycles. The number of thioether (sulfide) groups is 1. The summed E-state index contributed by atoms with van der Waals surface area (Å²) in [4.78, 5) is 25.9. The molecule has 3 aromatic carbocycles. The number of ether oxygens (including phenoxy) is 2. The van der Waals surface area contributed by atoms with Gasteiger partial charge in [-0.3, -0.25) is 4.79 Å². The third kappa shape index (κ3) is 5.92. The number of methoxy groups -OCH3 is 2. The summed E-state index contributed by atoms with van der Waals surface area (Å²) in [7, 11) is 2.82. The molecule has 0 spiro atoms. The van der Waals surface area contributed by atoms with E-state index < -0.39 is 5.97 Å². The van der Waals surface area contributed by atoms with E-state index in [9.17, 15) is 9.59 Å². The summed E-state index contributed by atoms with van der Waals surface area (Å²) >= 11 is 1.76. The van der Waals surface area contributed by atoms with Gasteiger partial charge in [0.2, 0.25) is 0 Å². The molecule has 0 aliphatic carbocycles. The van der Waals surface area contributed by atoms with Crippen LogP contribution in [0.25, 0.3) is 0 Å². The van der Waals surface area contributed by atoms with Crippen LogP contribution in [0.2, 0.25) is 0 Å². The van der Waals surface area contributed by atoms with Crippen molar-refractivity contribution in [1.82, 2.24) is 5.32 Å². The molecule has 3 aromatic rings. The van der Waals surface area contributed by atoms with E-state index in [-0.39, 0.29) is 12.5 Å². The number of amides is 1. The molecule has 0 fully saturated rings. The maximum absolute atomic E-state index is 12.7. The van der Waals surface area contributed by atoms with Gasteiger partial charge in [0.15, 0.2) is 0 Å². The zero-order valence-corrected chi connectivity index (χ0v) is 19.5. The van der Waals surface area contributed by atoms with Crippen LogP contribution < -0.4 is 10.1 Å². The highest BCUT2D eigenvalue weighted by Crippen LogP contribution is 2.27. The number of rotatable bonds is 8. The van der Waals surface area contributed by atoms with Crippen molar-refractivity contribution in [3.8, 4) is 5.75 Å². The summed E-state index contributed by atoms with van der Waals surface area (Å²) in [5, 5.41) is 2.91. The highest BCUT2D eigenvalue weighted by Gasteiger charge is 2.14. The van der Waals surface area contributed by atoms with E-state index in [0.717, 1.165) is 16.9 Å². The standard InChI is InChI=1S/C26H27NO4S/c1-17-8-11-24(18(2)12-17)32-16-20-6-5-7-21(13-20)25(28)27-15-19-9-10-23(30-3)22(14-19)26(29)31-4/h5-14H,15-16H2,1-4H3,(H,27,28). The van der Waals surface area contributed by atoms with Gasteiger partial charge in [-0.25, -0.2) is 4.79 Å². The summed E-state index contributed by atoms with van der Waals surface area (Å²) in [6.45, 7) is 4.49. The van der Waals surface area contributed by atoms with Crippen LogP contribution in [0.3, 0.4) is 0 Å². The summed E-state index contributed by atoms with van der Waals surface area (Å²) in [6, 6.07) is 19.2. The normalized spacial score (nSPS) is 10.5. The minimum atomic E-state index is -0.482. The number of hydrogen-bond acceptors (Lipinski definition) is 5. The third-order valence-electron chi connectivity index (χ3n) is 5.04. The van der Waals surface area contributed by atoms with Crippen LogP contribution in [0.15, 0.2) is 65.6 Å². The minimum absolute atomic E-state index is 0.168. The lowest BCUT2D eigenvalue weighted by molar-refractivity contribution is 0.0597. The van der Waals surface area contributed by atoms with Crippen molar-refractivity contribution in [1.29, 1.82) is 0 Å². The topological polar surface area (TPSA) is 64.6 Å². The predicted octanol–water partition coefficient (Wildman–Crippen LogP) is 5.32. The van der Waals surface area contributed by atoms with Crippen LogP contribution in [-0.2, 0) is 17.0 Å². The van der Waals surface area contributed by atoms with Gasteiger partial charge >= 0.3 is 5.97 Å². The van der Waals surface area contributed by atoms with Gasteiger partial charge in [0.1, 0.15) is 11.3 Å². The second-order valence-electron chi connectivity index (χ2n) is 7.47. The Morgan fingerprint density at radius 2 is 1.75 bits per heavy atom. The molecule has 32 heavy (non-hydrogen) atoms. The molecular formula is C26H27NO4S. The van der Waals surface area contributed by atoms with Crippen molar-refractivity contribution < 1.29 is 19.1 Å². The summed E-state index contributed by atoms with van der Waals surface area (Å²) in [6.07, 6.45) is 0. The van der Waals surface area contributed by atoms with E-state index in [1.165, 1.54) is 30.2 Å². The van der Waals surface area contributed by atoms with Crippen molar-refractivity contribution >= 4 is 23.6 Å². The summed E-state index contributed by atoms with van der Waals surface area (Å²) < 4.78 is 10.0. The number of esters is 1. The molecule has 0 bridgehead atoms. The van der Waals surface area contributed by atoms with E-state index in [4.69, 9.17) is 9.47 Å². The van der Waals surface area contributed by atoms with Crippen LogP contribution in [0.4, 0.5) is 0 Å². The zero-order chi connectivity index (χ0) is 23.1. The van der Waals surface area contributed by atoms with E-state index in [1.807, 2.05) is 24.3 Å². The molecule has 0 saturated carbocycles. The van der Waals surface area contributed by atoms with Crippen molar-refractivity contribution in [3.63, 3.8) is 0 Å². The Bertz CT molecular complexity index is 1130. The lowest BCUT2D eigenvalue weighted by atomic mass is 10.1. The van der Waals surface area contributed by atoms with Crippen LogP contribution in [0, 0.1) is 13.8 Å². The molecule has 0 heterocycles. The van der Waals surface area contributed by atoms with E-state index in [0.29, 0.717) is 16.9 Å². The summed E-state index contributed by atoms with van der Waals surface area (Å²) in [5.74, 6) is 0.565. The Labute approximate surface area is 193 Å². The number of carbonyl (C=O) groups is 2. The monoisotopic (exact) mass is 449 g/mol. The predicted molar refractivity (Wildman–Crippen MR) is 127 cm³/mol. The molecule has 0 unspecified atom stereocenters. The molecule has 166 valence electrons. The summed E-state index contributed by atoms with van der Waals surface area (Å²) in [5.41, 5.74) is 5.30. The number of carbonyl (C=O) groups excluding carboxylic acids is 2. The van der Waals surface area contributed by atoms with Gasteiger partial charge in [-0.1, -0.05) is 35.9 Å². The molecule has 3 rings (SSSR count). The molecule has 0 aliphatic rings. The van der Waals surface area contributed by atoms with Gasteiger partial charge in [-0.2, -0.15) is 0 Å². The Balaban J connectivity index is 1.64. The highest BCUT2D eigenvalue weighted by molar-refractivity contribution is 7.98. The van der Waals surface area contributed by atoms with E-state index in [2.05, 4.69) is 37.4 Å². The molecule has 5 nitrogen and oxygen atoms in total. The fourth-order valence-electron chi connectivity index (χ4n) is 3.34. The quantitative estimate of drug-likeness (QED) is 0.372. The Morgan fingerprint density at radius 3 is 2.47 bits per heavy atom. The second-order valence-corrected chi connectivity index (χ2v) is 8.48. The molecule has 1 N–H and O–H groups in total. The maximum atomic E-state index is 12.7. The van der Waals surface area contributed by atoms with Crippen molar-refractivity contribution in [3.05, 3.63) is 94.0 Å². The van der Waals surface area contributed by atoms with Gasteiger partial charge in [0.05, 0.1) is 14.2 Å². The lowest BCUT2D eigenvalue weighted by Crippen LogP contribution is -2.23. The first kappa shape index (κ1) is 23.4. The first-order valence-corrected chi connectivity index (χ1v) is 11.2. The minimum Gasteiger partial charge on any atom is -0.496 e. The molecule has 0 aromatic heterocycles. The van der Waals surface area contributed by atoms with E-state index in [1.54, 1.807) is 30.0 Å². The average molecular weight is 450 g/mol. The smallest absolute Gasteiger partial charge is 0.341 e. The molecule has 1 amide bonds. The Hall–Kier alpha value is -3.25. The van der Waals surface area contributed by atoms with Crippen LogP contribution in [0.5, 0.6) is 5.75 Å². The first-order valence-electron chi connectivity index (χ1n) is 10.2. The second kappa shape index (κ2) is 10.9.